The molecule has 0 aromatic heterocycles. The number of carbonyl (C=O) groups is 1. The van der Waals surface area contributed by atoms with E-state index in [0.29, 0.717) is 19.0 Å². The molecule has 0 spiro atoms. The second kappa shape index (κ2) is 6.89. The molecule has 23 heavy (non-hydrogen) atoms. The van der Waals surface area contributed by atoms with Gasteiger partial charge in [0.05, 0.1) is 12.0 Å². The molecule has 2 fully saturated rings. The fourth-order valence-corrected chi connectivity index (χ4v) is 3.85. The second-order valence-corrected chi connectivity index (χ2v) is 6.85. The molecular formula is C18H26N2O3. The largest absolute Gasteiger partial charge is 0.481 e. The summed E-state index contributed by atoms with van der Waals surface area (Å²) in [4.78, 5) is 16.0. The van der Waals surface area contributed by atoms with Crippen LogP contribution in [0.1, 0.15) is 24.8 Å². The van der Waals surface area contributed by atoms with Crippen LogP contribution in [-0.2, 0) is 4.79 Å². The quantitative estimate of drug-likeness (QED) is 0.889. The van der Waals surface area contributed by atoms with E-state index >= 15 is 0 Å². The molecule has 0 bridgehead atoms. The minimum atomic E-state index is -0.876. The highest BCUT2D eigenvalue weighted by molar-refractivity contribution is 5.71. The van der Waals surface area contributed by atoms with Crippen molar-refractivity contribution in [3.8, 4) is 0 Å². The second-order valence-electron chi connectivity index (χ2n) is 6.85. The summed E-state index contributed by atoms with van der Waals surface area (Å²) < 4.78 is 0. The van der Waals surface area contributed by atoms with Crippen molar-refractivity contribution in [3.05, 3.63) is 29.8 Å². The molecule has 2 heterocycles. The van der Waals surface area contributed by atoms with E-state index in [2.05, 4.69) is 41.0 Å². The molecule has 2 aliphatic rings. The summed E-state index contributed by atoms with van der Waals surface area (Å²) in [5.41, 5.74) is 2.56. The smallest absolute Gasteiger partial charge is 0.310 e. The van der Waals surface area contributed by atoms with Gasteiger partial charge in [0, 0.05) is 37.9 Å². The van der Waals surface area contributed by atoms with Crippen LogP contribution in [0.4, 0.5) is 5.69 Å². The molecule has 0 aliphatic carbocycles. The number of anilines is 1. The van der Waals surface area contributed by atoms with Gasteiger partial charge in [-0.1, -0.05) is 12.1 Å². The number of piperidine rings is 2. The maximum absolute atomic E-state index is 11.3. The Balaban J connectivity index is 1.57. The third kappa shape index (κ3) is 3.67. The lowest BCUT2D eigenvalue weighted by Gasteiger charge is -2.43. The Morgan fingerprint density at radius 2 is 1.91 bits per heavy atom. The Morgan fingerprint density at radius 3 is 2.57 bits per heavy atom. The first-order chi connectivity index (χ1) is 11.0. The maximum Gasteiger partial charge on any atom is 0.310 e. The molecule has 2 saturated heterocycles. The predicted octanol–water partition coefficient (Wildman–Crippen LogP) is 1.73. The minimum Gasteiger partial charge on any atom is -0.481 e. The number of hydrogen-bond acceptors (Lipinski definition) is 4. The fraction of sp³-hybridized carbons (Fsp3) is 0.611. The van der Waals surface area contributed by atoms with Gasteiger partial charge in [-0.3, -0.25) is 9.69 Å². The van der Waals surface area contributed by atoms with Gasteiger partial charge in [-0.25, -0.2) is 0 Å². The molecule has 126 valence electrons. The summed E-state index contributed by atoms with van der Waals surface area (Å²) in [6.45, 7) is 5.41. The van der Waals surface area contributed by atoms with Crippen molar-refractivity contribution >= 4 is 11.7 Å². The zero-order valence-electron chi connectivity index (χ0n) is 13.7. The lowest BCUT2D eigenvalue weighted by molar-refractivity contribution is -0.149. The first-order valence-electron chi connectivity index (χ1n) is 8.51. The number of benzene rings is 1. The van der Waals surface area contributed by atoms with Crippen LogP contribution in [0.5, 0.6) is 0 Å². The van der Waals surface area contributed by atoms with E-state index in [1.54, 1.807) is 0 Å². The highest BCUT2D eigenvalue weighted by atomic mass is 16.4. The Morgan fingerprint density at radius 1 is 1.17 bits per heavy atom. The maximum atomic E-state index is 11.3. The number of aliphatic hydroxyl groups is 1. The van der Waals surface area contributed by atoms with Gasteiger partial charge < -0.3 is 15.1 Å². The van der Waals surface area contributed by atoms with Crippen LogP contribution in [-0.4, -0.2) is 59.4 Å². The van der Waals surface area contributed by atoms with Crippen molar-refractivity contribution in [2.45, 2.75) is 38.3 Å². The predicted molar refractivity (Wildman–Crippen MR) is 89.7 cm³/mol. The third-order valence-electron chi connectivity index (χ3n) is 5.27. The van der Waals surface area contributed by atoms with Crippen LogP contribution >= 0.6 is 0 Å². The molecule has 2 N–H and O–H groups in total. The van der Waals surface area contributed by atoms with Gasteiger partial charge in [0.1, 0.15) is 0 Å². The molecule has 0 unspecified atom stereocenters. The van der Waals surface area contributed by atoms with Gasteiger partial charge in [0.25, 0.3) is 0 Å². The molecule has 0 amide bonds. The van der Waals surface area contributed by atoms with E-state index in [-0.39, 0.29) is 0 Å². The van der Waals surface area contributed by atoms with Crippen LogP contribution in [0.2, 0.25) is 0 Å². The molecule has 5 heteroatoms. The van der Waals surface area contributed by atoms with Gasteiger partial charge in [-0.2, -0.15) is 0 Å². The van der Waals surface area contributed by atoms with Crippen LogP contribution in [0.15, 0.2) is 24.3 Å². The van der Waals surface area contributed by atoms with Gasteiger partial charge in [-0.15, -0.1) is 0 Å². The van der Waals surface area contributed by atoms with E-state index in [9.17, 15) is 15.0 Å². The average molecular weight is 318 g/mol. The molecule has 2 aliphatic heterocycles. The van der Waals surface area contributed by atoms with E-state index in [1.807, 2.05) is 0 Å². The van der Waals surface area contributed by atoms with Crippen molar-refractivity contribution in [2.24, 2.45) is 5.92 Å². The van der Waals surface area contributed by atoms with Crippen molar-refractivity contribution in [1.29, 1.82) is 0 Å². The number of rotatable bonds is 3. The Hall–Kier alpha value is -1.59. The highest BCUT2D eigenvalue weighted by Crippen LogP contribution is 2.27. The number of carboxylic acids is 1. The average Bonchev–Trinajstić information content (AvgIpc) is 2.55. The Kier molecular flexibility index (Phi) is 4.87. The first-order valence-corrected chi connectivity index (χ1v) is 8.51. The van der Waals surface area contributed by atoms with Crippen molar-refractivity contribution < 1.29 is 15.0 Å². The third-order valence-corrected chi connectivity index (χ3v) is 5.27. The number of hydrogen-bond donors (Lipinski definition) is 2. The molecule has 2 atom stereocenters. The molecule has 0 saturated carbocycles. The number of aliphatic carboxylic acids is 1. The number of aliphatic hydroxyl groups excluding tert-OH is 1. The van der Waals surface area contributed by atoms with Crippen LogP contribution in [0, 0.1) is 12.8 Å². The standard InChI is InChI=1S/C18H26N2O3/c1-13-3-2-4-15(11-13)19-8-5-14(6-9-19)20-10-7-17(21)16(12-20)18(22)23/h2-4,11,14,16-17,21H,5-10,12H2,1H3,(H,22,23)/t16-,17+/m0/s1. The number of aryl methyl sites for hydroxylation is 1. The molecule has 1 aromatic rings. The van der Waals surface area contributed by atoms with E-state index < -0.39 is 18.0 Å². The summed E-state index contributed by atoms with van der Waals surface area (Å²) in [7, 11) is 0. The van der Waals surface area contributed by atoms with Gasteiger partial charge in [0.2, 0.25) is 0 Å². The Bertz CT molecular complexity index is 555. The van der Waals surface area contributed by atoms with E-state index in [1.165, 1.54) is 11.3 Å². The topological polar surface area (TPSA) is 64.0 Å². The van der Waals surface area contributed by atoms with Crippen molar-refractivity contribution in [1.82, 2.24) is 4.90 Å². The van der Waals surface area contributed by atoms with Crippen LogP contribution in [0.3, 0.4) is 0 Å². The van der Waals surface area contributed by atoms with Gasteiger partial charge in [-0.05, 0) is 43.9 Å². The van der Waals surface area contributed by atoms with Gasteiger partial charge in [0.15, 0.2) is 0 Å². The fourth-order valence-electron chi connectivity index (χ4n) is 3.85. The van der Waals surface area contributed by atoms with Crippen molar-refractivity contribution in [2.75, 3.05) is 31.1 Å². The Labute approximate surface area is 137 Å². The zero-order valence-corrected chi connectivity index (χ0v) is 13.7. The number of carboxylic acid groups (broad SMARTS) is 1. The molecule has 1 aromatic carbocycles. The van der Waals surface area contributed by atoms with E-state index in [0.717, 1.165) is 32.5 Å². The summed E-state index contributed by atoms with van der Waals surface area (Å²) in [5.74, 6) is -1.52. The summed E-state index contributed by atoms with van der Waals surface area (Å²) >= 11 is 0. The SMILES string of the molecule is Cc1cccc(N2CCC(N3CC[C@@H](O)[C@@H](C(=O)O)C3)CC2)c1. The summed E-state index contributed by atoms with van der Waals surface area (Å²) in [6.07, 6.45) is 1.97. The first kappa shape index (κ1) is 16.3. The van der Waals surface area contributed by atoms with Crippen LogP contribution in [0.25, 0.3) is 0 Å². The van der Waals surface area contributed by atoms with Crippen molar-refractivity contribution in [3.63, 3.8) is 0 Å². The molecular weight excluding hydrogens is 292 g/mol. The molecule has 3 rings (SSSR count). The minimum absolute atomic E-state index is 0.436. The van der Waals surface area contributed by atoms with E-state index in [4.69, 9.17) is 0 Å². The monoisotopic (exact) mass is 318 g/mol. The summed E-state index contributed by atoms with van der Waals surface area (Å²) in [6, 6.07) is 9.02. The normalized spacial score (nSPS) is 27.1. The molecule has 5 nitrogen and oxygen atoms in total. The summed E-state index contributed by atoms with van der Waals surface area (Å²) in [5, 5.41) is 19.1. The lowest BCUT2D eigenvalue weighted by atomic mass is 9.91. The van der Waals surface area contributed by atoms with Crippen LogP contribution < -0.4 is 4.90 Å². The number of likely N-dealkylation sites (tertiary alicyclic amines) is 1. The highest BCUT2D eigenvalue weighted by Gasteiger charge is 2.36. The molecule has 0 radical (unpaired) electrons. The van der Waals surface area contributed by atoms with Gasteiger partial charge >= 0.3 is 5.97 Å². The lowest BCUT2D eigenvalue weighted by Crippen LogP contribution is -2.53. The zero-order chi connectivity index (χ0) is 16.4. The number of nitrogens with zero attached hydrogens (tertiary/aromatic N) is 2.